The lowest BCUT2D eigenvalue weighted by Gasteiger charge is -2.05. The smallest absolute Gasteiger partial charge is 0.340 e. The van der Waals surface area contributed by atoms with Gasteiger partial charge < -0.3 is 9.14 Å². The molecule has 24 heavy (non-hydrogen) atoms. The summed E-state index contributed by atoms with van der Waals surface area (Å²) in [7, 11) is 1.33. The van der Waals surface area contributed by atoms with Crippen LogP contribution in [0.1, 0.15) is 39.0 Å². The molecule has 0 aliphatic carbocycles. The van der Waals surface area contributed by atoms with Gasteiger partial charge in [0.15, 0.2) is 5.78 Å². The van der Waals surface area contributed by atoms with Crippen molar-refractivity contribution in [2.24, 2.45) is 0 Å². The zero-order chi connectivity index (χ0) is 17.1. The number of hydrogen-bond acceptors (Lipinski definition) is 3. The van der Waals surface area contributed by atoms with Crippen LogP contribution in [0.4, 0.5) is 0 Å². The normalized spacial score (nSPS) is 11.1. The summed E-state index contributed by atoms with van der Waals surface area (Å²) in [6.45, 7) is 1.49. The number of ether oxygens (including phenoxy) is 1. The molecule has 0 N–H and O–H groups in total. The molecule has 3 rings (SSSR count). The van der Waals surface area contributed by atoms with Crippen LogP contribution in [-0.4, -0.2) is 23.3 Å². The average molecular weight is 319 g/mol. The molecule has 0 atom stereocenters. The number of Topliss-reactive ketones (excluding diaryl/α,β-unsaturated/α-hetero) is 1. The minimum atomic E-state index is -0.454. The van der Waals surface area contributed by atoms with Gasteiger partial charge in [-0.1, -0.05) is 42.5 Å². The Morgan fingerprint density at radius 3 is 2.42 bits per heavy atom. The molecular formula is C20H17NO3. The van der Waals surface area contributed by atoms with Crippen molar-refractivity contribution in [2.45, 2.75) is 6.92 Å². The maximum Gasteiger partial charge on any atom is 0.340 e. The highest BCUT2D eigenvalue weighted by Gasteiger charge is 2.19. The van der Waals surface area contributed by atoms with Gasteiger partial charge in [0.1, 0.15) is 0 Å². The van der Waals surface area contributed by atoms with Crippen LogP contribution in [-0.2, 0) is 4.74 Å². The number of carbonyl (C=O) groups is 2. The van der Waals surface area contributed by atoms with Crippen LogP contribution >= 0.6 is 0 Å². The maximum absolute atomic E-state index is 12.0. The molecule has 0 bridgehead atoms. The Bertz CT molecular complexity index is 936. The van der Waals surface area contributed by atoms with Crippen molar-refractivity contribution >= 4 is 29.4 Å². The van der Waals surface area contributed by atoms with E-state index in [-0.39, 0.29) is 5.78 Å². The number of pyridine rings is 1. The Morgan fingerprint density at radius 2 is 1.75 bits per heavy atom. The summed E-state index contributed by atoms with van der Waals surface area (Å²) < 4.78 is 6.61. The molecule has 4 nitrogen and oxygen atoms in total. The number of ketones is 1. The Kier molecular flexibility index (Phi) is 4.29. The van der Waals surface area contributed by atoms with Gasteiger partial charge >= 0.3 is 5.97 Å². The molecule has 2 heterocycles. The zero-order valence-electron chi connectivity index (χ0n) is 13.5. The average Bonchev–Trinajstić information content (AvgIpc) is 3.01. The standard InChI is InChI=1S/C20H17NO3/c1-14(22)19-13-17(20(23)24-2)18-10-6-9-16(21(18)19)12-11-15-7-4-3-5-8-15/h3-13H,1-2H3/b12-11+. The summed E-state index contributed by atoms with van der Waals surface area (Å²) in [6.07, 6.45) is 3.90. The first-order valence-corrected chi connectivity index (χ1v) is 7.58. The molecule has 0 saturated carbocycles. The number of esters is 1. The molecular weight excluding hydrogens is 302 g/mol. The zero-order valence-corrected chi connectivity index (χ0v) is 13.5. The number of nitrogens with zero attached hydrogens (tertiary/aromatic N) is 1. The molecule has 0 fully saturated rings. The van der Waals surface area contributed by atoms with Crippen LogP contribution in [0.2, 0.25) is 0 Å². The van der Waals surface area contributed by atoms with Crippen LogP contribution < -0.4 is 0 Å². The fraction of sp³-hybridized carbons (Fsp3) is 0.100. The van der Waals surface area contributed by atoms with E-state index in [1.165, 1.54) is 14.0 Å². The highest BCUT2D eigenvalue weighted by atomic mass is 16.5. The van der Waals surface area contributed by atoms with E-state index in [0.29, 0.717) is 16.8 Å². The molecule has 4 heteroatoms. The van der Waals surface area contributed by atoms with E-state index in [9.17, 15) is 9.59 Å². The fourth-order valence-electron chi connectivity index (χ4n) is 2.69. The van der Waals surface area contributed by atoms with Gasteiger partial charge in [-0.05, 0) is 29.8 Å². The van der Waals surface area contributed by atoms with Gasteiger partial charge in [-0.15, -0.1) is 0 Å². The number of aromatic nitrogens is 1. The maximum atomic E-state index is 12.0. The lowest BCUT2D eigenvalue weighted by molar-refractivity contribution is 0.0603. The van der Waals surface area contributed by atoms with E-state index < -0.39 is 5.97 Å². The molecule has 1 aromatic carbocycles. The van der Waals surface area contributed by atoms with E-state index >= 15 is 0 Å². The number of benzene rings is 1. The van der Waals surface area contributed by atoms with Gasteiger partial charge in [-0.25, -0.2) is 4.79 Å². The van der Waals surface area contributed by atoms with Crippen molar-refractivity contribution in [2.75, 3.05) is 7.11 Å². The molecule has 0 amide bonds. The minimum absolute atomic E-state index is 0.110. The van der Waals surface area contributed by atoms with Crippen molar-refractivity contribution in [1.82, 2.24) is 4.40 Å². The molecule has 0 saturated heterocycles. The van der Waals surface area contributed by atoms with Gasteiger partial charge in [-0.3, -0.25) is 4.79 Å². The fourth-order valence-corrected chi connectivity index (χ4v) is 2.69. The summed E-state index contributed by atoms with van der Waals surface area (Å²) in [5, 5.41) is 0. The monoisotopic (exact) mass is 319 g/mol. The van der Waals surface area contributed by atoms with Crippen molar-refractivity contribution in [1.29, 1.82) is 0 Å². The summed E-state index contributed by atoms with van der Waals surface area (Å²) in [5.74, 6) is -0.565. The number of carbonyl (C=O) groups excluding carboxylic acids is 2. The summed E-state index contributed by atoms with van der Waals surface area (Å²) >= 11 is 0. The van der Waals surface area contributed by atoms with E-state index in [0.717, 1.165) is 11.3 Å². The number of methoxy groups -OCH3 is 1. The van der Waals surface area contributed by atoms with Crippen molar-refractivity contribution in [3.63, 3.8) is 0 Å². The topological polar surface area (TPSA) is 47.8 Å². The third kappa shape index (κ3) is 2.86. The second kappa shape index (κ2) is 6.54. The summed E-state index contributed by atoms with van der Waals surface area (Å²) in [4.78, 5) is 24.0. The third-order valence-corrected chi connectivity index (χ3v) is 3.83. The van der Waals surface area contributed by atoms with Crippen LogP contribution in [0.3, 0.4) is 0 Å². The second-order valence-electron chi connectivity index (χ2n) is 5.41. The predicted molar refractivity (Wildman–Crippen MR) is 94.1 cm³/mol. The molecule has 0 spiro atoms. The van der Waals surface area contributed by atoms with Crippen LogP contribution in [0.5, 0.6) is 0 Å². The van der Waals surface area contributed by atoms with Gasteiger partial charge in [0.05, 0.1) is 23.9 Å². The van der Waals surface area contributed by atoms with E-state index in [4.69, 9.17) is 4.74 Å². The second-order valence-corrected chi connectivity index (χ2v) is 5.41. The van der Waals surface area contributed by atoms with Crippen molar-refractivity contribution < 1.29 is 14.3 Å². The Balaban J connectivity index is 2.18. The van der Waals surface area contributed by atoms with Crippen molar-refractivity contribution in [3.05, 3.63) is 77.1 Å². The quantitative estimate of drug-likeness (QED) is 0.537. The molecule has 120 valence electrons. The summed E-state index contributed by atoms with van der Waals surface area (Å²) in [5.41, 5.74) is 3.37. The van der Waals surface area contributed by atoms with Crippen molar-refractivity contribution in [3.8, 4) is 0 Å². The van der Waals surface area contributed by atoms with Gasteiger partial charge in [0, 0.05) is 12.6 Å². The molecule has 0 radical (unpaired) electrons. The van der Waals surface area contributed by atoms with Gasteiger partial charge in [0.25, 0.3) is 0 Å². The lowest BCUT2D eigenvalue weighted by atomic mass is 10.2. The molecule has 3 aromatic rings. The van der Waals surface area contributed by atoms with E-state index in [1.54, 1.807) is 16.5 Å². The molecule has 2 aromatic heterocycles. The van der Waals surface area contributed by atoms with Gasteiger partial charge in [-0.2, -0.15) is 0 Å². The molecule has 0 aliphatic heterocycles. The van der Waals surface area contributed by atoms with E-state index in [2.05, 4.69) is 0 Å². The first-order chi connectivity index (χ1) is 11.6. The first kappa shape index (κ1) is 15.7. The number of fused-ring (bicyclic) bond motifs is 1. The molecule has 0 unspecified atom stereocenters. The SMILES string of the molecule is COC(=O)c1cc(C(C)=O)n2c(/C=C/c3ccccc3)cccc12. The van der Waals surface area contributed by atoms with Crippen LogP contribution in [0.25, 0.3) is 17.7 Å². The first-order valence-electron chi connectivity index (χ1n) is 7.58. The van der Waals surface area contributed by atoms with Crippen LogP contribution in [0, 0.1) is 0 Å². The Morgan fingerprint density at radius 1 is 1.00 bits per heavy atom. The number of rotatable bonds is 4. The lowest BCUT2D eigenvalue weighted by Crippen LogP contribution is -2.02. The predicted octanol–water partition coefficient (Wildman–Crippen LogP) is 4.10. The minimum Gasteiger partial charge on any atom is -0.465 e. The highest BCUT2D eigenvalue weighted by Crippen LogP contribution is 2.22. The number of hydrogen-bond donors (Lipinski definition) is 0. The van der Waals surface area contributed by atoms with E-state index in [1.807, 2.05) is 54.6 Å². The molecule has 0 aliphatic rings. The Hall–Kier alpha value is -3.14. The van der Waals surface area contributed by atoms with Gasteiger partial charge in [0.2, 0.25) is 0 Å². The van der Waals surface area contributed by atoms with Crippen LogP contribution in [0.15, 0.2) is 54.6 Å². The Labute approximate surface area is 140 Å². The largest absolute Gasteiger partial charge is 0.465 e. The highest BCUT2D eigenvalue weighted by molar-refractivity contribution is 6.03. The third-order valence-electron chi connectivity index (χ3n) is 3.83. The summed E-state index contributed by atoms with van der Waals surface area (Å²) in [6, 6.07) is 17.0.